The number of hydrogen-bond acceptors (Lipinski definition) is 5. The van der Waals surface area contributed by atoms with Gasteiger partial charge in [0.05, 0.1) is 0 Å². The molecule has 1 N–H and O–H groups in total. The van der Waals surface area contributed by atoms with E-state index in [1.807, 2.05) is 4.90 Å². The Kier molecular flexibility index (Phi) is 5.78. The minimum Gasteiger partial charge on any atom is -0.484 e. The van der Waals surface area contributed by atoms with Crippen LogP contribution in [0.15, 0.2) is 42.7 Å². The first-order chi connectivity index (χ1) is 12.9. The molecule has 1 aromatic carbocycles. The van der Waals surface area contributed by atoms with Crippen LogP contribution in [0.2, 0.25) is 0 Å². The van der Waals surface area contributed by atoms with Crippen molar-refractivity contribution in [3.63, 3.8) is 0 Å². The molecule has 1 fully saturated rings. The lowest BCUT2D eigenvalue weighted by molar-refractivity contribution is -0.153. The van der Waals surface area contributed by atoms with E-state index in [4.69, 9.17) is 0 Å². The third-order valence-electron chi connectivity index (χ3n) is 4.11. The fourth-order valence-corrected chi connectivity index (χ4v) is 2.87. The van der Waals surface area contributed by atoms with Crippen molar-refractivity contribution in [3.05, 3.63) is 48.3 Å². The van der Waals surface area contributed by atoms with Gasteiger partial charge in [-0.1, -0.05) is 0 Å². The third-order valence-corrected chi connectivity index (χ3v) is 4.11. The van der Waals surface area contributed by atoms with Crippen molar-refractivity contribution >= 4 is 11.9 Å². The van der Waals surface area contributed by atoms with Gasteiger partial charge >= 0.3 is 6.18 Å². The Balaban J connectivity index is 1.55. The highest BCUT2D eigenvalue weighted by atomic mass is 19.4. The van der Waals surface area contributed by atoms with Gasteiger partial charge in [-0.3, -0.25) is 4.79 Å². The van der Waals surface area contributed by atoms with E-state index in [1.54, 1.807) is 18.5 Å². The Morgan fingerprint density at radius 2 is 1.93 bits per heavy atom. The summed E-state index contributed by atoms with van der Waals surface area (Å²) in [5.41, 5.74) is 0.363. The van der Waals surface area contributed by atoms with E-state index in [1.165, 1.54) is 24.3 Å². The molecule has 144 valence electrons. The van der Waals surface area contributed by atoms with Crippen molar-refractivity contribution in [2.75, 3.05) is 24.6 Å². The normalized spacial score (nSPS) is 17.4. The molecule has 3 rings (SSSR count). The number of alkyl halides is 3. The number of rotatable bonds is 5. The highest BCUT2D eigenvalue weighted by molar-refractivity contribution is 5.94. The molecule has 1 aliphatic heterocycles. The van der Waals surface area contributed by atoms with Crippen molar-refractivity contribution in [2.45, 2.75) is 25.1 Å². The van der Waals surface area contributed by atoms with Gasteiger partial charge in [-0.2, -0.15) is 13.2 Å². The second-order valence-electron chi connectivity index (χ2n) is 6.24. The number of halogens is 3. The highest BCUT2D eigenvalue weighted by Crippen LogP contribution is 2.19. The Bertz CT molecular complexity index is 753. The van der Waals surface area contributed by atoms with Gasteiger partial charge in [-0.05, 0) is 43.2 Å². The van der Waals surface area contributed by atoms with Crippen molar-refractivity contribution < 1.29 is 22.7 Å². The molecule has 0 radical (unpaired) electrons. The van der Waals surface area contributed by atoms with Gasteiger partial charge in [0, 0.05) is 37.1 Å². The number of nitrogens with one attached hydrogen (secondary N) is 1. The van der Waals surface area contributed by atoms with Crippen LogP contribution in [-0.4, -0.2) is 47.8 Å². The first kappa shape index (κ1) is 18.9. The zero-order valence-corrected chi connectivity index (χ0v) is 14.4. The zero-order valence-electron chi connectivity index (χ0n) is 14.4. The molecule has 0 aliphatic carbocycles. The predicted molar refractivity (Wildman–Crippen MR) is 92.7 cm³/mol. The standard InChI is InChI=1S/C18H19F3N4O2/c19-18(20,21)12-27-15-6-4-13(5-7-15)16(26)24-14-3-1-10-25(11-14)17-22-8-2-9-23-17/h2,4-9,14H,1,3,10-12H2,(H,24,26). The number of benzene rings is 1. The van der Waals surface area contributed by atoms with Crippen molar-refractivity contribution in [1.29, 1.82) is 0 Å². The summed E-state index contributed by atoms with van der Waals surface area (Å²) in [5.74, 6) is 0.412. The van der Waals surface area contributed by atoms with Crippen LogP contribution in [0.4, 0.5) is 19.1 Å². The maximum absolute atomic E-state index is 12.4. The molecular formula is C18H19F3N4O2. The molecule has 1 saturated heterocycles. The summed E-state index contributed by atoms with van der Waals surface area (Å²) in [5, 5.41) is 2.95. The molecule has 27 heavy (non-hydrogen) atoms. The minimum atomic E-state index is -4.40. The van der Waals surface area contributed by atoms with Gasteiger partial charge in [-0.15, -0.1) is 0 Å². The molecule has 2 heterocycles. The maximum atomic E-state index is 12.4. The Morgan fingerprint density at radius 3 is 2.59 bits per heavy atom. The lowest BCUT2D eigenvalue weighted by Crippen LogP contribution is -2.48. The summed E-state index contributed by atoms with van der Waals surface area (Å²) < 4.78 is 41.1. The van der Waals surface area contributed by atoms with Crippen LogP contribution in [-0.2, 0) is 0 Å². The van der Waals surface area contributed by atoms with Crippen LogP contribution >= 0.6 is 0 Å². The molecule has 1 atom stereocenters. The summed E-state index contributed by atoms with van der Waals surface area (Å²) in [6, 6.07) is 7.28. The van der Waals surface area contributed by atoms with E-state index in [0.717, 1.165) is 19.4 Å². The number of amides is 1. The van der Waals surface area contributed by atoms with Crippen molar-refractivity contribution in [1.82, 2.24) is 15.3 Å². The van der Waals surface area contributed by atoms with E-state index < -0.39 is 12.8 Å². The lowest BCUT2D eigenvalue weighted by atomic mass is 10.1. The van der Waals surface area contributed by atoms with Gasteiger partial charge in [0.1, 0.15) is 5.75 Å². The second kappa shape index (κ2) is 8.24. The van der Waals surface area contributed by atoms with Crippen LogP contribution in [0.25, 0.3) is 0 Å². The number of carbonyl (C=O) groups excluding carboxylic acids is 1. The number of carbonyl (C=O) groups is 1. The summed E-state index contributed by atoms with van der Waals surface area (Å²) >= 11 is 0. The quantitative estimate of drug-likeness (QED) is 0.864. The zero-order chi connectivity index (χ0) is 19.3. The molecule has 1 aliphatic rings. The van der Waals surface area contributed by atoms with Crippen molar-refractivity contribution in [2.24, 2.45) is 0 Å². The van der Waals surface area contributed by atoms with E-state index in [2.05, 4.69) is 20.0 Å². The second-order valence-corrected chi connectivity index (χ2v) is 6.24. The van der Waals surface area contributed by atoms with E-state index in [9.17, 15) is 18.0 Å². The molecule has 1 amide bonds. The van der Waals surface area contributed by atoms with Crippen LogP contribution in [0.5, 0.6) is 5.75 Å². The monoisotopic (exact) mass is 380 g/mol. The smallest absolute Gasteiger partial charge is 0.422 e. The topological polar surface area (TPSA) is 67.4 Å². The van der Waals surface area contributed by atoms with Crippen LogP contribution in [0.3, 0.4) is 0 Å². The number of piperidine rings is 1. The SMILES string of the molecule is O=C(NC1CCCN(c2ncccn2)C1)c1ccc(OCC(F)(F)F)cc1. The van der Waals surface area contributed by atoms with E-state index >= 15 is 0 Å². The van der Waals surface area contributed by atoms with Crippen LogP contribution in [0, 0.1) is 0 Å². The largest absolute Gasteiger partial charge is 0.484 e. The first-order valence-electron chi connectivity index (χ1n) is 8.53. The number of nitrogens with zero attached hydrogens (tertiary/aromatic N) is 3. The Hall–Kier alpha value is -2.84. The maximum Gasteiger partial charge on any atom is 0.422 e. The molecule has 6 nitrogen and oxygen atoms in total. The van der Waals surface area contributed by atoms with Gasteiger partial charge in [0.15, 0.2) is 6.61 Å². The Morgan fingerprint density at radius 1 is 1.22 bits per heavy atom. The molecule has 0 bridgehead atoms. The molecule has 9 heteroatoms. The fraction of sp³-hybridized carbons (Fsp3) is 0.389. The molecule has 0 saturated carbocycles. The van der Waals surface area contributed by atoms with Gasteiger partial charge in [0.2, 0.25) is 5.95 Å². The first-order valence-corrected chi connectivity index (χ1v) is 8.53. The lowest BCUT2D eigenvalue weighted by Gasteiger charge is -2.33. The van der Waals surface area contributed by atoms with E-state index in [0.29, 0.717) is 18.1 Å². The van der Waals surface area contributed by atoms with Gasteiger partial charge in [-0.25, -0.2) is 9.97 Å². The number of aromatic nitrogens is 2. The summed E-state index contributed by atoms with van der Waals surface area (Å²) in [6.45, 7) is 0.0577. The summed E-state index contributed by atoms with van der Waals surface area (Å²) in [4.78, 5) is 22.9. The highest BCUT2D eigenvalue weighted by Gasteiger charge is 2.28. The van der Waals surface area contributed by atoms with Crippen molar-refractivity contribution in [3.8, 4) is 5.75 Å². The average molecular weight is 380 g/mol. The summed E-state index contributed by atoms with van der Waals surface area (Å²) in [7, 11) is 0. The Labute approximate surface area is 154 Å². The number of hydrogen-bond donors (Lipinski definition) is 1. The number of anilines is 1. The van der Waals surface area contributed by atoms with E-state index in [-0.39, 0.29) is 17.7 Å². The van der Waals surface area contributed by atoms with Crippen LogP contribution in [0.1, 0.15) is 23.2 Å². The molecular weight excluding hydrogens is 361 g/mol. The van der Waals surface area contributed by atoms with Gasteiger partial charge in [0.25, 0.3) is 5.91 Å². The molecule has 2 aromatic rings. The number of ether oxygens (including phenoxy) is 1. The molecule has 1 unspecified atom stereocenters. The van der Waals surface area contributed by atoms with Crippen LogP contribution < -0.4 is 15.0 Å². The predicted octanol–water partition coefficient (Wildman–Crippen LogP) is 2.82. The minimum absolute atomic E-state index is 0.0591. The summed E-state index contributed by atoms with van der Waals surface area (Å²) in [6.07, 6.45) is 0.681. The molecule has 1 aromatic heterocycles. The fourth-order valence-electron chi connectivity index (χ4n) is 2.87. The molecule has 0 spiro atoms. The third kappa shape index (κ3) is 5.57. The average Bonchev–Trinajstić information content (AvgIpc) is 2.67. The van der Waals surface area contributed by atoms with Gasteiger partial charge < -0.3 is 15.0 Å².